The van der Waals surface area contributed by atoms with Gasteiger partial charge in [-0.2, -0.15) is 0 Å². The quantitative estimate of drug-likeness (QED) is 0.603. The van der Waals surface area contributed by atoms with Crippen LogP contribution in [-0.4, -0.2) is 22.2 Å². The number of hydrogen-bond acceptors (Lipinski definition) is 6. The first-order chi connectivity index (χ1) is 11.4. The fraction of sp³-hybridized carbons (Fsp3) is 0.353. The molecular weight excluding hydrogens is 340 g/mol. The maximum absolute atomic E-state index is 5.79. The van der Waals surface area contributed by atoms with Crippen LogP contribution >= 0.6 is 23.5 Å². The Kier molecular flexibility index (Phi) is 6.51. The lowest BCUT2D eigenvalue weighted by Crippen LogP contribution is -2.09. The minimum Gasteiger partial charge on any atom is -0.444 e. The van der Waals surface area contributed by atoms with Gasteiger partial charge in [0, 0.05) is 22.9 Å². The summed E-state index contributed by atoms with van der Waals surface area (Å²) >= 11 is 3.06. The predicted molar refractivity (Wildman–Crippen MR) is 104 cm³/mol. The highest BCUT2D eigenvalue weighted by atomic mass is 32.2. The van der Waals surface area contributed by atoms with E-state index in [1.807, 2.05) is 12.1 Å². The minimum atomic E-state index is -0.0304. The summed E-state index contributed by atoms with van der Waals surface area (Å²) in [7, 11) is 1.74. The maximum atomic E-state index is 5.79. The highest BCUT2D eigenvalue weighted by Crippen LogP contribution is 2.31. The van der Waals surface area contributed by atoms with E-state index >= 15 is 0 Å². The van der Waals surface area contributed by atoms with E-state index in [0.29, 0.717) is 11.6 Å². The van der Waals surface area contributed by atoms with Crippen molar-refractivity contribution in [1.29, 1.82) is 0 Å². The number of amidine groups is 1. The Morgan fingerprint density at radius 3 is 2.75 bits per heavy atom. The molecule has 0 atom stereocenters. The summed E-state index contributed by atoms with van der Waals surface area (Å²) in [5.74, 6) is 2.25. The van der Waals surface area contributed by atoms with E-state index in [1.165, 1.54) is 11.8 Å². The van der Waals surface area contributed by atoms with Gasteiger partial charge >= 0.3 is 0 Å². The third-order valence-corrected chi connectivity index (χ3v) is 5.00. The zero-order valence-electron chi connectivity index (χ0n) is 14.4. The standard InChI is InChI=1S/C17H22N4OS2/c1-12(23-11-15-20-10-14(22-15)17(2,3)4)24-16(18-5)21-13-7-6-8-19-9-13/h6-10H,1,11H2,2-5H3,(H,18,21). The van der Waals surface area contributed by atoms with Crippen molar-refractivity contribution >= 4 is 34.4 Å². The van der Waals surface area contributed by atoms with Crippen LogP contribution in [0, 0.1) is 0 Å². The van der Waals surface area contributed by atoms with E-state index in [4.69, 9.17) is 4.42 Å². The van der Waals surface area contributed by atoms with Gasteiger partial charge in [0.25, 0.3) is 0 Å². The molecule has 128 valence electrons. The molecule has 0 spiro atoms. The summed E-state index contributed by atoms with van der Waals surface area (Å²) in [5.41, 5.74) is 0.864. The van der Waals surface area contributed by atoms with Crippen LogP contribution < -0.4 is 5.32 Å². The highest BCUT2D eigenvalue weighted by Gasteiger charge is 2.19. The molecule has 0 unspecified atom stereocenters. The molecule has 1 N–H and O–H groups in total. The summed E-state index contributed by atoms with van der Waals surface area (Å²) in [6, 6.07) is 3.81. The maximum Gasteiger partial charge on any atom is 0.204 e. The van der Waals surface area contributed by atoms with Crippen LogP contribution in [0.1, 0.15) is 32.4 Å². The highest BCUT2D eigenvalue weighted by molar-refractivity contribution is 8.29. The molecule has 0 amide bonds. The Labute approximate surface area is 151 Å². The van der Waals surface area contributed by atoms with Crippen molar-refractivity contribution in [1.82, 2.24) is 9.97 Å². The molecule has 2 aromatic rings. The van der Waals surface area contributed by atoms with E-state index in [-0.39, 0.29) is 5.41 Å². The lowest BCUT2D eigenvalue weighted by atomic mass is 9.94. The van der Waals surface area contributed by atoms with Crippen molar-refractivity contribution < 1.29 is 4.42 Å². The van der Waals surface area contributed by atoms with Gasteiger partial charge in [0.05, 0.1) is 23.8 Å². The number of rotatable bonds is 5. The lowest BCUT2D eigenvalue weighted by Gasteiger charge is -2.13. The zero-order valence-corrected chi connectivity index (χ0v) is 16.0. The molecule has 0 aromatic carbocycles. The van der Waals surface area contributed by atoms with Crippen molar-refractivity contribution in [2.75, 3.05) is 12.4 Å². The van der Waals surface area contributed by atoms with E-state index in [9.17, 15) is 0 Å². The number of aliphatic imine (C=N–C) groups is 1. The van der Waals surface area contributed by atoms with Crippen LogP contribution in [0.15, 0.2) is 50.9 Å². The number of aromatic nitrogens is 2. The second-order valence-corrected chi connectivity index (χ2v) is 8.44. The van der Waals surface area contributed by atoms with Crippen LogP contribution in [0.25, 0.3) is 0 Å². The summed E-state index contributed by atoms with van der Waals surface area (Å²) in [6.45, 7) is 10.4. The molecule has 24 heavy (non-hydrogen) atoms. The van der Waals surface area contributed by atoms with Gasteiger partial charge in [-0.05, 0) is 23.9 Å². The third kappa shape index (κ3) is 5.72. The zero-order chi connectivity index (χ0) is 17.6. The molecule has 2 heterocycles. The second kappa shape index (κ2) is 8.39. The monoisotopic (exact) mass is 362 g/mol. The van der Waals surface area contributed by atoms with Crippen molar-refractivity contribution in [2.45, 2.75) is 31.9 Å². The average molecular weight is 363 g/mol. The average Bonchev–Trinajstić information content (AvgIpc) is 3.02. The molecule has 0 aliphatic carbocycles. The summed E-state index contributed by atoms with van der Waals surface area (Å²) < 4.78 is 6.71. The predicted octanol–water partition coefficient (Wildman–Crippen LogP) is 4.90. The molecular formula is C17H22N4OS2. The largest absolute Gasteiger partial charge is 0.444 e. The third-order valence-electron chi connectivity index (χ3n) is 2.98. The van der Waals surface area contributed by atoms with Crippen molar-refractivity contribution in [3.63, 3.8) is 0 Å². The van der Waals surface area contributed by atoms with Gasteiger partial charge < -0.3 is 9.73 Å². The normalized spacial score (nSPS) is 12.2. The Morgan fingerprint density at radius 2 is 2.17 bits per heavy atom. The summed E-state index contributed by atoms with van der Waals surface area (Å²) in [4.78, 5) is 12.6. The smallest absolute Gasteiger partial charge is 0.204 e. The van der Waals surface area contributed by atoms with Gasteiger partial charge in [0.1, 0.15) is 5.76 Å². The van der Waals surface area contributed by atoms with Gasteiger partial charge in [0.15, 0.2) is 5.17 Å². The SMILES string of the molecule is C=C(SCc1ncc(C(C)(C)C)o1)SC(=NC)Nc1cccnc1. The van der Waals surface area contributed by atoms with Gasteiger partial charge in [-0.3, -0.25) is 9.98 Å². The number of nitrogens with one attached hydrogen (secondary N) is 1. The van der Waals surface area contributed by atoms with Gasteiger partial charge in [-0.1, -0.05) is 27.4 Å². The van der Waals surface area contributed by atoms with Gasteiger partial charge in [0.2, 0.25) is 5.89 Å². The van der Waals surface area contributed by atoms with Gasteiger partial charge in [-0.15, -0.1) is 11.8 Å². The van der Waals surface area contributed by atoms with Crippen molar-refractivity contribution in [3.8, 4) is 0 Å². The number of nitrogens with zero attached hydrogens (tertiary/aromatic N) is 3. The number of hydrogen-bond donors (Lipinski definition) is 1. The molecule has 0 fully saturated rings. The molecule has 0 aliphatic rings. The lowest BCUT2D eigenvalue weighted by molar-refractivity contribution is 0.391. The van der Waals surface area contributed by atoms with E-state index in [0.717, 1.165) is 20.9 Å². The Hall–Kier alpha value is -1.73. The molecule has 0 bridgehead atoms. The Bertz CT molecular complexity index is 705. The van der Waals surface area contributed by atoms with E-state index < -0.39 is 0 Å². The first-order valence-electron chi connectivity index (χ1n) is 7.47. The summed E-state index contributed by atoms with van der Waals surface area (Å²) in [5, 5.41) is 3.99. The number of thioether (sulfide) groups is 2. The van der Waals surface area contributed by atoms with Crippen molar-refractivity contribution in [3.05, 3.63) is 53.2 Å². The second-order valence-electron chi connectivity index (χ2n) is 6.03. The molecule has 2 rings (SSSR count). The van der Waals surface area contributed by atoms with Crippen LogP contribution in [0.3, 0.4) is 0 Å². The minimum absolute atomic E-state index is 0.0304. The van der Waals surface area contributed by atoms with Crippen LogP contribution in [-0.2, 0) is 11.2 Å². The number of anilines is 1. The number of oxazole rings is 1. The molecule has 2 aromatic heterocycles. The van der Waals surface area contributed by atoms with Crippen molar-refractivity contribution in [2.24, 2.45) is 4.99 Å². The topological polar surface area (TPSA) is 63.3 Å². The Morgan fingerprint density at radius 1 is 1.38 bits per heavy atom. The molecule has 7 heteroatoms. The first-order valence-corrected chi connectivity index (χ1v) is 9.27. The fourth-order valence-electron chi connectivity index (χ4n) is 1.69. The van der Waals surface area contributed by atoms with Gasteiger partial charge in [-0.25, -0.2) is 4.98 Å². The van der Waals surface area contributed by atoms with Crippen LogP contribution in [0.2, 0.25) is 0 Å². The van der Waals surface area contributed by atoms with E-state index in [1.54, 1.807) is 37.4 Å². The molecule has 0 aliphatic heterocycles. The molecule has 0 radical (unpaired) electrons. The number of pyridine rings is 1. The fourth-order valence-corrected chi connectivity index (χ4v) is 3.23. The first kappa shape index (κ1) is 18.6. The Balaban J connectivity index is 1.85. The molecule has 0 saturated heterocycles. The van der Waals surface area contributed by atoms with E-state index in [2.05, 4.69) is 47.6 Å². The molecule has 0 saturated carbocycles. The summed E-state index contributed by atoms with van der Waals surface area (Å²) in [6.07, 6.45) is 5.29. The van der Waals surface area contributed by atoms with Crippen LogP contribution in [0.4, 0.5) is 5.69 Å². The molecule has 5 nitrogen and oxygen atoms in total. The van der Waals surface area contributed by atoms with Crippen LogP contribution in [0.5, 0.6) is 0 Å².